The Morgan fingerprint density at radius 2 is 1.84 bits per heavy atom. The smallest absolute Gasteiger partial charge is 0.227 e. The first-order chi connectivity index (χ1) is 18.6. The van der Waals surface area contributed by atoms with Gasteiger partial charge >= 0.3 is 0 Å². The van der Waals surface area contributed by atoms with E-state index in [1.807, 2.05) is 23.7 Å². The van der Waals surface area contributed by atoms with Crippen LogP contribution in [0.2, 0.25) is 0 Å². The first-order valence-electron chi connectivity index (χ1n) is 12.5. The number of hydrogen-bond acceptors (Lipinski definition) is 8. The van der Waals surface area contributed by atoms with Gasteiger partial charge in [-0.05, 0) is 40.6 Å². The third kappa shape index (κ3) is 3.91. The number of benzene rings is 3. The van der Waals surface area contributed by atoms with Gasteiger partial charge in [-0.25, -0.2) is 9.98 Å². The topological polar surface area (TPSA) is 109 Å². The molecular formula is C29H25N3O5S. The van der Waals surface area contributed by atoms with Gasteiger partial charge in [-0.1, -0.05) is 36.4 Å². The Morgan fingerprint density at radius 3 is 2.66 bits per heavy atom. The fraction of sp³-hybridized carbons (Fsp3) is 0.241. The van der Waals surface area contributed by atoms with Crippen molar-refractivity contribution < 1.29 is 24.8 Å². The molecule has 5 aromatic rings. The van der Waals surface area contributed by atoms with Gasteiger partial charge in [0.1, 0.15) is 29.4 Å². The molecule has 3 N–H and O–H groups in total. The standard InChI is InChI=1S/C29H25N3O5S/c33-15-23-25(34)26(35)24-29(36-23)37-27(31-24)21-14-32(13-16-5-6-17-3-1-2-4-18(17)11-16)22-8-7-19(12-20(21)22)28-30-9-10-38-28/h1-12,14,23-26,29,33-35H,13,15H2/t23?,24-,25-,26-,29-/m1/s1. The van der Waals surface area contributed by atoms with Gasteiger partial charge in [0.05, 0.1) is 12.2 Å². The van der Waals surface area contributed by atoms with E-state index in [0.29, 0.717) is 12.4 Å². The van der Waals surface area contributed by atoms with Crippen LogP contribution >= 0.6 is 11.3 Å². The zero-order valence-electron chi connectivity index (χ0n) is 20.2. The summed E-state index contributed by atoms with van der Waals surface area (Å²) in [6.45, 7) is 0.213. The Labute approximate surface area is 222 Å². The summed E-state index contributed by atoms with van der Waals surface area (Å²) in [7, 11) is 0. The monoisotopic (exact) mass is 527 g/mol. The summed E-state index contributed by atoms with van der Waals surface area (Å²) in [5, 5.41) is 36.7. The number of nitrogens with zero attached hydrogens (tertiary/aromatic N) is 3. The van der Waals surface area contributed by atoms with Gasteiger partial charge in [0.25, 0.3) is 0 Å². The summed E-state index contributed by atoms with van der Waals surface area (Å²) in [5.41, 5.74) is 3.91. The Kier molecular flexibility index (Phi) is 5.75. The molecule has 4 heterocycles. The fourth-order valence-corrected chi connectivity index (χ4v) is 5.98. The Bertz CT molecular complexity index is 1660. The molecule has 7 rings (SSSR count). The molecule has 2 aromatic heterocycles. The number of hydrogen-bond donors (Lipinski definition) is 3. The van der Waals surface area contributed by atoms with E-state index in [4.69, 9.17) is 9.47 Å². The van der Waals surface area contributed by atoms with E-state index >= 15 is 0 Å². The van der Waals surface area contributed by atoms with Crippen molar-refractivity contribution in [1.82, 2.24) is 9.55 Å². The molecular weight excluding hydrogens is 502 g/mol. The second-order valence-corrected chi connectivity index (χ2v) is 10.6. The van der Waals surface area contributed by atoms with Crippen LogP contribution in [0.1, 0.15) is 11.1 Å². The highest BCUT2D eigenvalue weighted by atomic mass is 32.1. The minimum absolute atomic E-state index is 0.336. The van der Waals surface area contributed by atoms with E-state index in [1.165, 1.54) is 10.8 Å². The molecule has 1 unspecified atom stereocenters. The minimum atomic E-state index is -1.25. The highest BCUT2D eigenvalue weighted by Crippen LogP contribution is 2.35. The molecule has 2 aliphatic rings. The van der Waals surface area contributed by atoms with Crippen LogP contribution < -0.4 is 0 Å². The van der Waals surface area contributed by atoms with Crippen molar-refractivity contribution in [2.45, 2.75) is 37.2 Å². The molecule has 0 aliphatic carbocycles. The summed E-state index contributed by atoms with van der Waals surface area (Å²) in [6.07, 6.45) is -0.493. The predicted octanol–water partition coefficient (Wildman–Crippen LogP) is 3.55. The number of aromatic nitrogens is 2. The summed E-state index contributed by atoms with van der Waals surface area (Å²) in [5.74, 6) is 0.336. The maximum absolute atomic E-state index is 10.6. The van der Waals surface area contributed by atoms with Gasteiger partial charge in [0.2, 0.25) is 12.2 Å². The lowest BCUT2D eigenvalue weighted by Crippen LogP contribution is -2.56. The highest BCUT2D eigenvalue weighted by molar-refractivity contribution is 7.13. The normalized spacial score (nSPS) is 24.9. The van der Waals surface area contributed by atoms with Gasteiger partial charge in [-0.3, -0.25) is 0 Å². The third-order valence-corrected chi connectivity index (χ3v) is 8.12. The number of ether oxygens (including phenoxy) is 2. The Balaban J connectivity index is 1.31. The van der Waals surface area contributed by atoms with Crippen molar-refractivity contribution in [3.05, 3.63) is 89.6 Å². The maximum Gasteiger partial charge on any atom is 0.227 e. The van der Waals surface area contributed by atoms with Crippen molar-refractivity contribution in [3.63, 3.8) is 0 Å². The molecule has 3 aromatic carbocycles. The average molecular weight is 528 g/mol. The molecule has 8 nitrogen and oxygen atoms in total. The SMILES string of the molecule is OCC1O[C@@H]2OC(c3cn(Cc4ccc5ccccc5c4)c4ccc(-c5nccs5)cc34)=N[C@@H]2[C@@H](O)[C@@H]1O. The van der Waals surface area contributed by atoms with Crippen LogP contribution in [0.25, 0.3) is 32.2 Å². The highest BCUT2D eigenvalue weighted by Gasteiger charge is 2.49. The molecule has 0 saturated carbocycles. The molecule has 0 spiro atoms. The Hall–Kier alpha value is -3.60. The number of aliphatic hydroxyl groups is 3. The van der Waals surface area contributed by atoms with Gasteiger partial charge < -0.3 is 29.4 Å². The van der Waals surface area contributed by atoms with E-state index in [1.54, 1.807) is 17.5 Å². The van der Waals surface area contributed by atoms with E-state index in [2.05, 4.69) is 63.1 Å². The quantitative estimate of drug-likeness (QED) is 0.323. The van der Waals surface area contributed by atoms with Gasteiger partial charge in [-0.2, -0.15) is 0 Å². The van der Waals surface area contributed by atoms with Crippen molar-refractivity contribution >= 4 is 38.9 Å². The lowest BCUT2D eigenvalue weighted by molar-refractivity contribution is -0.234. The number of fused-ring (bicyclic) bond motifs is 3. The zero-order valence-corrected chi connectivity index (χ0v) is 21.0. The number of aliphatic imine (C=N–C) groups is 1. The minimum Gasteiger partial charge on any atom is -0.445 e. The van der Waals surface area contributed by atoms with Crippen molar-refractivity contribution in [2.75, 3.05) is 6.61 Å². The van der Waals surface area contributed by atoms with E-state index in [0.717, 1.165) is 32.6 Å². The van der Waals surface area contributed by atoms with Crippen LogP contribution in [-0.2, 0) is 16.0 Å². The van der Waals surface area contributed by atoms with Crippen molar-refractivity contribution in [3.8, 4) is 10.6 Å². The van der Waals surface area contributed by atoms with Gasteiger partial charge in [0, 0.05) is 40.8 Å². The lowest BCUT2D eigenvalue weighted by Gasteiger charge is -2.36. The molecule has 1 saturated heterocycles. The second-order valence-electron chi connectivity index (χ2n) is 9.67. The first-order valence-corrected chi connectivity index (χ1v) is 13.3. The molecule has 9 heteroatoms. The van der Waals surface area contributed by atoms with Crippen molar-refractivity contribution in [2.24, 2.45) is 4.99 Å². The van der Waals surface area contributed by atoms with Crippen molar-refractivity contribution in [1.29, 1.82) is 0 Å². The van der Waals surface area contributed by atoms with Crippen LogP contribution in [0, 0.1) is 0 Å². The number of aliphatic hydroxyl groups excluding tert-OH is 3. The lowest BCUT2D eigenvalue weighted by atomic mass is 9.98. The van der Waals surface area contributed by atoms with Gasteiger partial charge in [0.15, 0.2) is 0 Å². The zero-order chi connectivity index (χ0) is 25.8. The first kappa shape index (κ1) is 23.5. The predicted molar refractivity (Wildman–Crippen MR) is 145 cm³/mol. The van der Waals surface area contributed by atoms with Crippen LogP contribution in [-0.4, -0.2) is 68.0 Å². The second kappa shape index (κ2) is 9.30. The molecule has 2 aliphatic heterocycles. The van der Waals surface area contributed by atoms with Crippen LogP contribution in [0.4, 0.5) is 0 Å². The molecule has 0 amide bonds. The molecule has 0 bridgehead atoms. The van der Waals surface area contributed by atoms with E-state index < -0.39 is 37.3 Å². The molecule has 38 heavy (non-hydrogen) atoms. The summed E-state index contributed by atoms with van der Waals surface area (Å²) in [6, 6.07) is 20.2. The molecule has 5 atom stereocenters. The van der Waals surface area contributed by atoms with E-state index in [-0.39, 0.29) is 0 Å². The number of thiazole rings is 1. The van der Waals surface area contributed by atoms with Crippen LogP contribution in [0.15, 0.2) is 83.4 Å². The average Bonchev–Trinajstić information content (AvgIpc) is 3.70. The fourth-order valence-electron chi connectivity index (χ4n) is 5.34. The molecule has 0 radical (unpaired) electrons. The van der Waals surface area contributed by atoms with Crippen LogP contribution in [0.5, 0.6) is 0 Å². The number of rotatable bonds is 5. The summed E-state index contributed by atoms with van der Waals surface area (Å²) < 4.78 is 14.0. The molecule has 192 valence electrons. The third-order valence-electron chi connectivity index (χ3n) is 7.30. The Morgan fingerprint density at radius 1 is 0.974 bits per heavy atom. The van der Waals surface area contributed by atoms with Gasteiger partial charge in [-0.15, -0.1) is 11.3 Å². The largest absolute Gasteiger partial charge is 0.445 e. The summed E-state index contributed by atoms with van der Waals surface area (Å²) >= 11 is 1.57. The van der Waals surface area contributed by atoms with E-state index in [9.17, 15) is 15.3 Å². The molecule has 1 fully saturated rings. The summed E-state index contributed by atoms with van der Waals surface area (Å²) in [4.78, 5) is 9.10. The maximum atomic E-state index is 10.6. The van der Waals surface area contributed by atoms with Crippen LogP contribution in [0.3, 0.4) is 0 Å².